The van der Waals surface area contributed by atoms with E-state index in [1.54, 1.807) is 10.9 Å². The van der Waals surface area contributed by atoms with Gasteiger partial charge in [-0.05, 0) is 67.2 Å². The molecule has 0 unspecified atom stereocenters. The Labute approximate surface area is 205 Å². The first-order valence-corrected chi connectivity index (χ1v) is 13.0. The van der Waals surface area contributed by atoms with Crippen molar-refractivity contribution in [2.45, 2.75) is 63.5 Å². The summed E-state index contributed by atoms with van der Waals surface area (Å²) in [6, 6.07) is 14.3. The van der Waals surface area contributed by atoms with Gasteiger partial charge in [0.05, 0.1) is 29.4 Å². The van der Waals surface area contributed by atoms with E-state index in [4.69, 9.17) is 9.97 Å². The molecule has 3 heterocycles. The summed E-state index contributed by atoms with van der Waals surface area (Å²) < 4.78 is 1.67. The van der Waals surface area contributed by atoms with Gasteiger partial charge in [0.2, 0.25) is 0 Å². The van der Waals surface area contributed by atoms with Gasteiger partial charge >= 0.3 is 0 Å². The Bertz CT molecular complexity index is 1410. The lowest BCUT2D eigenvalue weighted by atomic mass is 9.92. The predicted molar refractivity (Wildman–Crippen MR) is 140 cm³/mol. The molecule has 1 aliphatic carbocycles. The Hall–Kier alpha value is -3.25. The van der Waals surface area contributed by atoms with Crippen molar-refractivity contribution in [3.05, 3.63) is 76.5 Å². The SMILES string of the molecule is O=c1c2cc(Cc3ccc(N4CCCCC4)nc3)c3ccccc3c2ncn1[C@H]1CCCC[C@@H]1O. The summed E-state index contributed by atoms with van der Waals surface area (Å²) >= 11 is 0. The number of nitrogens with zero attached hydrogens (tertiary/aromatic N) is 4. The Balaban J connectivity index is 1.40. The molecular formula is C29H32N4O2. The molecule has 6 rings (SSSR count). The van der Waals surface area contributed by atoms with E-state index in [0.29, 0.717) is 11.8 Å². The van der Waals surface area contributed by atoms with E-state index in [0.717, 1.165) is 72.0 Å². The normalized spacial score (nSPS) is 21.0. The molecule has 2 aromatic heterocycles. The second-order valence-electron chi connectivity index (χ2n) is 10.1. The Morgan fingerprint density at radius 1 is 0.886 bits per heavy atom. The minimum Gasteiger partial charge on any atom is -0.391 e. The fourth-order valence-electron chi connectivity index (χ4n) is 5.90. The molecule has 1 N–H and O–H groups in total. The predicted octanol–water partition coefficient (Wildman–Crippen LogP) is 5.00. The molecule has 2 atom stereocenters. The van der Waals surface area contributed by atoms with Crippen LogP contribution < -0.4 is 10.5 Å². The van der Waals surface area contributed by atoms with E-state index >= 15 is 0 Å². The lowest BCUT2D eigenvalue weighted by Gasteiger charge is -2.29. The summed E-state index contributed by atoms with van der Waals surface area (Å²) in [7, 11) is 0. The summed E-state index contributed by atoms with van der Waals surface area (Å²) in [5.74, 6) is 1.05. The van der Waals surface area contributed by atoms with Crippen LogP contribution in [0, 0.1) is 0 Å². The van der Waals surface area contributed by atoms with Crippen LogP contribution in [0.1, 0.15) is 62.1 Å². The number of anilines is 1. The molecule has 4 aromatic rings. The lowest BCUT2D eigenvalue weighted by Crippen LogP contribution is -2.34. The molecular weight excluding hydrogens is 436 g/mol. The number of aromatic nitrogens is 3. The van der Waals surface area contributed by atoms with Crippen LogP contribution in [0.2, 0.25) is 0 Å². The third-order valence-corrected chi connectivity index (χ3v) is 7.81. The van der Waals surface area contributed by atoms with Crippen LogP contribution in [0.3, 0.4) is 0 Å². The average Bonchev–Trinajstić information content (AvgIpc) is 2.91. The molecule has 180 valence electrons. The maximum atomic E-state index is 13.6. The minimum absolute atomic E-state index is 0.0634. The van der Waals surface area contributed by atoms with Crippen LogP contribution >= 0.6 is 0 Å². The molecule has 6 nitrogen and oxygen atoms in total. The van der Waals surface area contributed by atoms with Gasteiger partial charge in [-0.1, -0.05) is 43.2 Å². The molecule has 1 aliphatic heterocycles. The summed E-state index contributed by atoms with van der Waals surface area (Å²) in [5, 5.41) is 13.3. The van der Waals surface area contributed by atoms with Crippen molar-refractivity contribution in [1.29, 1.82) is 0 Å². The highest BCUT2D eigenvalue weighted by Gasteiger charge is 2.26. The third kappa shape index (κ3) is 4.20. The van der Waals surface area contributed by atoms with E-state index in [-0.39, 0.29) is 11.6 Å². The number of piperidine rings is 1. The summed E-state index contributed by atoms with van der Waals surface area (Å²) in [5.41, 5.74) is 2.89. The molecule has 0 amide bonds. The van der Waals surface area contributed by atoms with Gasteiger partial charge in [-0.2, -0.15) is 0 Å². The first-order chi connectivity index (χ1) is 17.2. The fourth-order valence-corrected chi connectivity index (χ4v) is 5.90. The third-order valence-electron chi connectivity index (χ3n) is 7.81. The smallest absolute Gasteiger partial charge is 0.261 e. The standard InChI is InChI=1S/C29H32N4O2/c34-26-11-5-4-10-25(26)33-19-31-28-23-9-3-2-8-22(23)21(17-24(28)29(33)35)16-20-12-13-27(30-18-20)32-14-6-1-7-15-32/h2-3,8-9,12-13,17-19,25-26,34H,1,4-7,10-11,14-16H2/t25-,26-/m0/s1. The Morgan fingerprint density at radius 2 is 1.69 bits per heavy atom. The second kappa shape index (κ2) is 9.42. The van der Waals surface area contributed by atoms with Crippen molar-refractivity contribution in [3.8, 4) is 0 Å². The van der Waals surface area contributed by atoms with Crippen molar-refractivity contribution in [3.63, 3.8) is 0 Å². The second-order valence-corrected chi connectivity index (χ2v) is 10.1. The molecule has 1 saturated carbocycles. The number of pyridine rings is 1. The number of hydrogen-bond donors (Lipinski definition) is 1. The number of rotatable bonds is 4. The topological polar surface area (TPSA) is 71.2 Å². The molecule has 35 heavy (non-hydrogen) atoms. The monoisotopic (exact) mass is 468 g/mol. The van der Waals surface area contributed by atoms with Crippen LogP contribution in [0.25, 0.3) is 21.7 Å². The molecule has 1 saturated heterocycles. The molecule has 2 fully saturated rings. The maximum absolute atomic E-state index is 13.6. The molecule has 6 heteroatoms. The van der Waals surface area contributed by atoms with Crippen molar-refractivity contribution in [1.82, 2.24) is 14.5 Å². The molecule has 0 bridgehead atoms. The zero-order valence-corrected chi connectivity index (χ0v) is 20.1. The minimum atomic E-state index is -0.495. The molecule has 2 aromatic carbocycles. The number of aliphatic hydroxyl groups is 1. The van der Waals surface area contributed by atoms with Crippen molar-refractivity contribution in [2.24, 2.45) is 0 Å². The highest BCUT2D eigenvalue weighted by Crippen LogP contribution is 2.31. The number of aliphatic hydroxyl groups excluding tert-OH is 1. The van der Waals surface area contributed by atoms with Crippen LogP contribution in [0.5, 0.6) is 0 Å². The molecule has 2 aliphatic rings. The first kappa shape index (κ1) is 22.2. The van der Waals surface area contributed by atoms with Crippen LogP contribution in [-0.4, -0.2) is 38.8 Å². The zero-order valence-electron chi connectivity index (χ0n) is 20.1. The van der Waals surface area contributed by atoms with Gasteiger partial charge in [-0.3, -0.25) is 9.36 Å². The highest BCUT2D eigenvalue weighted by molar-refractivity contribution is 6.06. The fraction of sp³-hybridized carbons (Fsp3) is 0.414. The lowest BCUT2D eigenvalue weighted by molar-refractivity contribution is 0.0735. The highest BCUT2D eigenvalue weighted by atomic mass is 16.3. The van der Waals surface area contributed by atoms with Crippen LogP contribution in [0.4, 0.5) is 5.82 Å². The Kier molecular flexibility index (Phi) is 5.98. The van der Waals surface area contributed by atoms with Gasteiger partial charge in [0, 0.05) is 24.7 Å². The van der Waals surface area contributed by atoms with E-state index in [9.17, 15) is 9.90 Å². The van der Waals surface area contributed by atoms with Gasteiger partial charge in [0.1, 0.15) is 5.82 Å². The van der Waals surface area contributed by atoms with Gasteiger partial charge < -0.3 is 10.0 Å². The summed E-state index contributed by atoms with van der Waals surface area (Å²) in [6.07, 6.45) is 11.2. The van der Waals surface area contributed by atoms with Gasteiger partial charge in [-0.25, -0.2) is 9.97 Å². The number of hydrogen-bond acceptors (Lipinski definition) is 5. The van der Waals surface area contributed by atoms with Gasteiger partial charge in [-0.15, -0.1) is 0 Å². The van der Waals surface area contributed by atoms with Crippen molar-refractivity contribution in [2.75, 3.05) is 18.0 Å². The van der Waals surface area contributed by atoms with E-state index in [1.165, 1.54) is 19.3 Å². The summed E-state index contributed by atoms with van der Waals surface area (Å²) in [6.45, 7) is 2.16. The van der Waals surface area contributed by atoms with Gasteiger partial charge in [0.15, 0.2) is 0 Å². The number of fused-ring (bicyclic) bond motifs is 3. The molecule has 0 spiro atoms. The maximum Gasteiger partial charge on any atom is 0.261 e. The summed E-state index contributed by atoms with van der Waals surface area (Å²) in [4.78, 5) is 25.5. The number of benzene rings is 2. The Morgan fingerprint density at radius 3 is 2.46 bits per heavy atom. The first-order valence-electron chi connectivity index (χ1n) is 13.0. The quantitative estimate of drug-likeness (QED) is 0.427. The largest absolute Gasteiger partial charge is 0.391 e. The molecule has 0 radical (unpaired) electrons. The van der Waals surface area contributed by atoms with Crippen LogP contribution in [-0.2, 0) is 6.42 Å². The average molecular weight is 469 g/mol. The van der Waals surface area contributed by atoms with Crippen LogP contribution in [0.15, 0.2) is 59.8 Å². The zero-order chi connectivity index (χ0) is 23.8. The van der Waals surface area contributed by atoms with E-state index in [2.05, 4.69) is 23.1 Å². The van der Waals surface area contributed by atoms with E-state index < -0.39 is 6.10 Å². The van der Waals surface area contributed by atoms with Gasteiger partial charge in [0.25, 0.3) is 5.56 Å². The van der Waals surface area contributed by atoms with E-state index in [1.807, 2.05) is 30.5 Å². The van der Waals surface area contributed by atoms with Crippen molar-refractivity contribution >= 4 is 27.5 Å². The van der Waals surface area contributed by atoms with Crippen molar-refractivity contribution < 1.29 is 5.11 Å².